The van der Waals surface area contributed by atoms with Gasteiger partial charge in [-0.2, -0.15) is 11.3 Å². The van der Waals surface area contributed by atoms with Crippen LogP contribution < -0.4 is 0 Å². The highest BCUT2D eigenvalue weighted by Crippen LogP contribution is 2.29. The van der Waals surface area contributed by atoms with Crippen LogP contribution in [0.15, 0.2) is 16.8 Å². The van der Waals surface area contributed by atoms with E-state index in [4.69, 9.17) is 0 Å². The molecule has 0 bridgehead atoms. The molecule has 1 aromatic heterocycles. The number of carbonyl (C=O) groups is 2. The van der Waals surface area contributed by atoms with Crippen molar-refractivity contribution in [3.8, 4) is 0 Å². The smallest absolute Gasteiger partial charge is 0.319 e. The lowest BCUT2D eigenvalue weighted by Gasteiger charge is -2.44. The number of fused-ring (bicyclic) bond motifs is 1. The highest BCUT2D eigenvalue weighted by atomic mass is 32.2. The summed E-state index contributed by atoms with van der Waals surface area (Å²) in [7, 11) is 0.0252. The first-order chi connectivity index (χ1) is 10.8. The van der Waals surface area contributed by atoms with Crippen molar-refractivity contribution < 1.29 is 18.0 Å². The molecule has 3 heterocycles. The summed E-state index contributed by atoms with van der Waals surface area (Å²) in [4.78, 5) is 29.6. The van der Waals surface area contributed by atoms with Crippen molar-refractivity contribution in [3.63, 3.8) is 0 Å². The van der Waals surface area contributed by atoms with Crippen molar-refractivity contribution in [1.29, 1.82) is 0 Å². The van der Waals surface area contributed by atoms with Crippen molar-refractivity contribution in [2.75, 3.05) is 38.7 Å². The minimum Gasteiger partial charge on any atom is -0.331 e. The Morgan fingerprint density at radius 3 is 2.35 bits per heavy atom. The van der Waals surface area contributed by atoms with E-state index in [0.29, 0.717) is 18.7 Å². The Kier molecular flexibility index (Phi) is 4.09. The number of carbonyl (C=O) groups excluding carboxylic acids is 2. The van der Waals surface area contributed by atoms with E-state index in [1.807, 2.05) is 5.38 Å². The van der Waals surface area contributed by atoms with Crippen molar-refractivity contribution in [1.82, 2.24) is 14.7 Å². The van der Waals surface area contributed by atoms with Gasteiger partial charge in [-0.05, 0) is 11.4 Å². The number of sulfone groups is 1. The largest absolute Gasteiger partial charge is 0.331 e. The van der Waals surface area contributed by atoms with Gasteiger partial charge in [-0.15, -0.1) is 0 Å². The third-order valence-corrected chi connectivity index (χ3v) is 6.72. The molecule has 0 aromatic carbocycles. The highest BCUT2D eigenvalue weighted by molar-refractivity contribution is 7.91. The summed E-state index contributed by atoms with van der Waals surface area (Å²) in [6.45, 7) is 0.703. The Balaban J connectivity index is 1.90. The van der Waals surface area contributed by atoms with Crippen LogP contribution >= 0.6 is 11.3 Å². The lowest BCUT2D eigenvalue weighted by molar-refractivity contribution is 0.0394. The van der Waals surface area contributed by atoms with Gasteiger partial charge in [0.1, 0.15) is 0 Å². The number of rotatable bonds is 1. The first kappa shape index (κ1) is 16.3. The predicted molar refractivity (Wildman–Crippen MR) is 87.4 cm³/mol. The molecule has 126 valence electrons. The van der Waals surface area contributed by atoms with Crippen LogP contribution in [0.25, 0.3) is 0 Å². The summed E-state index contributed by atoms with van der Waals surface area (Å²) in [5.74, 6) is -0.314. The van der Waals surface area contributed by atoms with E-state index >= 15 is 0 Å². The lowest BCUT2D eigenvalue weighted by Crippen LogP contribution is -2.63. The third kappa shape index (κ3) is 2.94. The van der Waals surface area contributed by atoms with Crippen molar-refractivity contribution in [2.45, 2.75) is 12.1 Å². The number of urea groups is 1. The fourth-order valence-corrected chi connectivity index (χ4v) is 5.86. The zero-order valence-electron chi connectivity index (χ0n) is 13.0. The molecule has 0 radical (unpaired) electrons. The van der Waals surface area contributed by atoms with Crippen LogP contribution in [0.2, 0.25) is 0 Å². The minimum absolute atomic E-state index is 0.0786. The number of nitrogens with zero attached hydrogens (tertiary/aromatic N) is 3. The molecule has 2 atom stereocenters. The second-order valence-electron chi connectivity index (χ2n) is 6.09. The predicted octanol–water partition coefficient (Wildman–Crippen LogP) is 0.353. The standard InChI is InChI=1S/C14H19N3O4S2/c1-15(2)14(19)17-5-4-16(13(18)10-3-6-22-7-10)11-8-23(20,21)9-12(11)17/h3,6-7,11-12H,4-5,8-9H2,1-2H3/t11-,12+/m1/s1. The summed E-state index contributed by atoms with van der Waals surface area (Å²) >= 11 is 1.43. The summed E-state index contributed by atoms with van der Waals surface area (Å²) < 4.78 is 24.2. The average molecular weight is 357 g/mol. The second kappa shape index (κ2) is 5.79. The molecule has 2 fully saturated rings. The van der Waals surface area contributed by atoms with Gasteiger partial charge < -0.3 is 14.7 Å². The molecular weight excluding hydrogens is 338 g/mol. The maximum atomic E-state index is 12.6. The molecule has 3 amide bonds. The van der Waals surface area contributed by atoms with E-state index in [1.54, 1.807) is 35.3 Å². The molecule has 2 aliphatic heterocycles. The number of amides is 3. The molecule has 0 aliphatic carbocycles. The summed E-state index contributed by atoms with van der Waals surface area (Å²) in [6.07, 6.45) is 0. The van der Waals surface area contributed by atoms with Gasteiger partial charge in [0.05, 0.1) is 29.2 Å². The molecule has 9 heteroatoms. The Morgan fingerprint density at radius 1 is 1.17 bits per heavy atom. The van der Waals surface area contributed by atoms with Crippen LogP contribution in [0.1, 0.15) is 10.4 Å². The van der Waals surface area contributed by atoms with Crippen LogP contribution in [0, 0.1) is 0 Å². The van der Waals surface area contributed by atoms with Gasteiger partial charge >= 0.3 is 6.03 Å². The van der Waals surface area contributed by atoms with Crippen LogP contribution in [0.4, 0.5) is 4.79 Å². The van der Waals surface area contributed by atoms with E-state index < -0.39 is 21.9 Å². The average Bonchev–Trinajstić information content (AvgIpc) is 3.10. The molecule has 1 aromatic rings. The van der Waals surface area contributed by atoms with E-state index in [9.17, 15) is 18.0 Å². The fraction of sp³-hybridized carbons (Fsp3) is 0.571. The highest BCUT2D eigenvalue weighted by Gasteiger charge is 2.49. The SMILES string of the molecule is CN(C)C(=O)N1CCN(C(=O)c2ccsc2)[C@@H]2CS(=O)(=O)C[C@@H]21. The monoisotopic (exact) mass is 357 g/mol. The van der Waals surface area contributed by atoms with Gasteiger partial charge in [-0.3, -0.25) is 4.79 Å². The maximum Gasteiger partial charge on any atom is 0.319 e. The molecule has 0 unspecified atom stereocenters. The Morgan fingerprint density at radius 2 is 1.78 bits per heavy atom. The molecule has 0 saturated carbocycles. The summed E-state index contributed by atoms with van der Waals surface area (Å²) in [5, 5.41) is 3.58. The minimum atomic E-state index is -3.26. The number of piperazine rings is 1. The van der Waals surface area contributed by atoms with E-state index in [2.05, 4.69) is 0 Å². The van der Waals surface area contributed by atoms with Gasteiger partial charge in [-0.1, -0.05) is 0 Å². The van der Waals surface area contributed by atoms with Crippen LogP contribution in [0.5, 0.6) is 0 Å². The van der Waals surface area contributed by atoms with E-state index in [-0.39, 0.29) is 23.4 Å². The molecule has 0 spiro atoms. The van der Waals surface area contributed by atoms with Gasteiger partial charge in [0.15, 0.2) is 9.84 Å². The van der Waals surface area contributed by atoms with Crippen LogP contribution in [-0.2, 0) is 9.84 Å². The first-order valence-electron chi connectivity index (χ1n) is 7.31. The molecule has 2 saturated heterocycles. The Labute approximate surface area is 139 Å². The molecule has 23 heavy (non-hydrogen) atoms. The zero-order valence-corrected chi connectivity index (χ0v) is 14.6. The number of hydrogen-bond donors (Lipinski definition) is 0. The molecule has 7 nitrogen and oxygen atoms in total. The van der Waals surface area contributed by atoms with Gasteiger partial charge in [-0.25, -0.2) is 13.2 Å². The zero-order chi connectivity index (χ0) is 16.8. The number of hydrogen-bond acceptors (Lipinski definition) is 5. The fourth-order valence-electron chi connectivity index (χ4n) is 3.25. The normalized spacial score (nSPS) is 26.0. The van der Waals surface area contributed by atoms with E-state index in [0.717, 1.165) is 0 Å². The molecular formula is C14H19N3O4S2. The van der Waals surface area contributed by atoms with Crippen molar-refractivity contribution in [3.05, 3.63) is 22.4 Å². The molecule has 0 N–H and O–H groups in total. The molecule has 2 aliphatic rings. The van der Waals surface area contributed by atoms with Crippen LogP contribution in [-0.4, -0.2) is 85.8 Å². The lowest BCUT2D eigenvalue weighted by atomic mass is 10.0. The molecule has 3 rings (SSSR count). The van der Waals surface area contributed by atoms with Gasteiger partial charge in [0.25, 0.3) is 5.91 Å². The quantitative estimate of drug-likeness (QED) is 0.727. The number of thiophene rings is 1. The van der Waals surface area contributed by atoms with Gasteiger partial charge in [0.2, 0.25) is 0 Å². The summed E-state index contributed by atoms with van der Waals surface area (Å²) in [6, 6.07) is 0.596. The Bertz CT molecular complexity index is 714. The topological polar surface area (TPSA) is 78.0 Å². The van der Waals surface area contributed by atoms with E-state index in [1.165, 1.54) is 16.2 Å². The summed E-state index contributed by atoms with van der Waals surface area (Å²) in [5.41, 5.74) is 0.574. The van der Waals surface area contributed by atoms with Crippen LogP contribution in [0.3, 0.4) is 0 Å². The Hall–Kier alpha value is -1.61. The van der Waals surface area contributed by atoms with Crippen molar-refractivity contribution in [2.24, 2.45) is 0 Å². The van der Waals surface area contributed by atoms with Gasteiger partial charge in [0, 0.05) is 32.6 Å². The first-order valence-corrected chi connectivity index (χ1v) is 10.1. The third-order valence-electron chi connectivity index (χ3n) is 4.33. The second-order valence-corrected chi connectivity index (χ2v) is 9.03. The van der Waals surface area contributed by atoms with Crippen molar-refractivity contribution >= 4 is 33.1 Å². The maximum absolute atomic E-state index is 12.6.